The lowest BCUT2D eigenvalue weighted by Crippen LogP contribution is -2.16. The Balaban J connectivity index is 1.78. The van der Waals surface area contributed by atoms with Gasteiger partial charge >= 0.3 is 0 Å². The topological polar surface area (TPSA) is 46.9 Å². The van der Waals surface area contributed by atoms with Gasteiger partial charge in [-0.15, -0.1) is 0 Å². The minimum atomic E-state index is -0.186. The molecule has 3 rings (SSSR count). The molecule has 23 heavy (non-hydrogen) atoms. The molecule has 0 saturated carbocycles. The molecule has 0 aliphatic heterocycles. The molecule has 3 aromatic rings. The molecule has 0 saturated heterocycles. The Morgan fingerprint density at radius 1 is 1.09 bits per heavy atom. The van der Waals surface area contributed by atoms with Crippen LogP contribution >= 0.6 is 23.2 Å². The summed E-state index contributed by atoms with van der Waals surface area (Å²) in [4.78, 5) is 12.2. The molecule has 0 bridgehead atoms. The number of hydrogen-bond acceptors (Lipinski definition) is 2. The molecule has 2 aromatic carbocycles. The van der Waals surface area contributed by atoms with Crippen molar-refractivity contribution < 1.29 is 4.79 Å². The van der Waals surface area contributed by atoms with E-state index in [2.05, 4.69) is 10.4 Å². The van der Waals surface area contributed by atoms with E-state index >= 15 is 0 Å². The number of benzene rings is 2. The normalized spacial score (nSPS) is 10.5. The van der Waals surface area contributed by atoms with Crippen LogP contribution in [0.2, 0.25) is 10.0 Å². The zero-order chi connectivity index (χ0) is 16.2. The number of nitrogens with one attached hydrogen (secondary N) is 1. The molecule has 0 aliphatic rings. The summed E-state index contributed by atoms with van der Waals surface area (Å²) >= 11 is 12.1. The predicted octanol–water partition coefficient (Wildman–Crippen LogP) is 4.49. The summed E-state index contributed by atoms with van der Waals surface area (Å²) < 4.78 is 1.68. The summed E-state index contributed by atoms with van der Waals surface area (Å²) in [5, 5.41) is 8.23. The van der Waals surface area contributed by atoms with Gasteiger partial charge in [0.2, 0.25) is 0 Å². The van der Waals surface area contributed by atoms with Gasteiger partial charge in [-0.05, 0) is 29.8 Å². The zero-order valence-corrected chi connectivity index (χ0v) is 13.6. The maximum Gasteiger partial charge on any atom is 0.256 e. The smallest absolute Gasteiger partial charge is 0.256 e. The van der Waals surface area contributed by atoms with Crippen molar-refractivity contribution in [2.75, 3.05) is 5.32 Å². The maximum atomic E-state index is 12.2. The standard InChI is InChI=1S/C17H13Cl2N3O/c18-14-7-6-13(15(19)10-14)11-22-16(8-9-20-22)21-17(23)12-4-2-1-3-5-12/h1-10H,11H2,(H,21,23). The number of anilines is 1. The van der Waals surface area contributed by atoms with Crippen LogP contribution in [0, 0.1) is 0 Å². The van der Waals surface area contributed by atoms with Gasteiger partial charge in [-0.25, -0.2) is 4.68 Å². The van der Waals surface area contributed by atoms with Crippen LogP contribution in [0.5, 0.6) is 0 Å². The summed E-state index contributed by atoms with van der Waals surface area (Å²) in [5.41, 5.74) is 1.46. The highest BCUT2D eigenvalue weighted by molar-refractivity contribution is 6.35. The molecular weight excluding hydrogens is 333 g/mol. The van der Waals surface area contributed by atoms with E-state index in [1.165, 1.54) is 0 Å². The van der Waals surface area contributed by atoms with E-state index in [4.69, 9.17) is 23.2 Å². The number of hydrogen-bond donors (Lipinski definition) is 1. The Hall–Kier alpha value is -2.30. The van der Waals surface area contributed by atoms with Gasteiger partial charge in [0.25, 0.3) is 5.91 Å². The average Bonchev–Trinajstić information content (AvgIpc) is 2.98. The van der Waals surface area contributed by atoms with Gasteiger partial charge in [-0.2, -0.15) is 5.10 Å². The highest BCUT2D eigenvalue weighted by Crippen LogP contribution is 2.22. The maximum absolute atomic E-state index is 12.2. The second-order valence-corrected chi connectivity index (χ2v) is 5.77. The van der Waals surface area contributed by atoms with Crippen molar-refractivity contribution in [3.05, 3.63) is 82.0 Å². The quantitative estimate of drug-likeness (QED) is 0.757. The molecule has 1 aromatic heterocycles. The van der Waals surface area contributed by atoms with Gasteiger partial charge < -0.3 is 5.32 Å². The first kappa shape index (κ1) is 15.6. The fourth-order valence-electron chi connectivity index (χ4n) is 2.15. The van der Waals surface area contributed by atoms with Gasteiger partial charge in [-0.1, -0.05) is 47.5 Å². The van der Waals surface area contributed by atoms with E-state index in [0.717, 1.165) is 5.56 Å². The van der Waals surface area contributed by atoms with Crippen molar-refractivity contribution >= 4 is 34.9 Å². The van der Waals surface area contributed by atoms with Crippen molar-refractivity contribution in [1.82, 2.24) is 9.78 Å². The molecule has 0 unspecified atom stereocenters. The van der Waals surface area contributed by atoms with Crippen LogP contribution < -0.4 is 5.32 Å². The number of halogens is 2. The van der Waals surface area contributed by atoms with Gasteiger partial charge in [0, 0.05) is 21.7 Å². The van der Waals surface area contributed by atoms with Gasteiger partial charge in [0.05, 0.1) is 12.7 Å². The Labute approximate surface area is 143 Å². The Bertz CT molecular complexity index is 831. The van der Waals surface area contributed by atoms with Crippen molar-refractivity contribution in [2.24, 2.45) is 0 Å². The minimum absolute atomic E-state index is 0.186. The van der Waals surface area contributed by atoms with Crippen molar-refractivity contribution in [1.29, 1.82) is 0 Å². The second-order valence-electron chi connectivity index (χ2n) is 4.93. The number of nitrogens with zero attached hydrogens (tertiary/aromatic N) is 2. The Morgan fingerprint density at radius 3 is 2.61 bits per heavy atom. The van der Waals surface area contributed by atoms with Gasteiger partial charge in [-0.3, -0.25) is 4.79 Å². The SMILES string of the molecule is O=C(Nc1ccnn1Cc1ccc(Cl)cc1Cl)c1ccccc1. The summed E-state index contributed by atoms with van der Waals surface area (Å²) in [7, 11) is 0. The van der Waals surface area contributed by atoms with Crippen LogP contribution in [0.15, 0.2) is 60.8 Å². The van der Waals surface area contributed by atoms with Crippen molar-refractivity contribution in [3.8, 4) is 0 Å². The van der Waals surface area contributed by atoms with E-state index in [1.807, 2.05) is 24.3 Å². The van der Waals surface area contributed by atoms with Gasteiger partial charge in [0.1, 0.15) is 5.82 Å². The van der Waals surface area contributed by atoms with Crippen molar-refractivity contribution in [2.45, 2.75) is 6.54 Å². The predicted molar refractivity (Wildman–Crippen MR) is 92.2 cm³/mol. The van der Waals surface area contributed by atoms with Crippen LogP contribution in [0.25, 0.3) is 0 Å². The van der Waals surface area contributed by atoms with Crippen LogP contribution in [0.3, 0.4) is 0 Å². The summed E-state index contributed by atoms with van der Waals surface area (Å²) in [6, 6.07) is 16.1. The summed E-state index contributed by atoms with van der Waals surface area (Å²) in [6.45, 7) is 0.438. The third-order valence-corrected chi connectivity index (χ3v) is 3.92. The minimum Gasteiger partial charge on any atom is -0.307 e. The molecule has 1 heterocycles. The van der Waals surface area contributed by atoms with Crippen LogP contribution in [0.1, 0.15) is 15.9 Å². The van der Waals surface area contributed by atoms with Gasteiger partial charge in [0.15, 0.2) is 0 Å². The first-order valence-electron chi connectivity index (χ1n) is 6.95. The molecule has 116 valence electrons. The third kappa shape index (κ3) is 3.73. The number of carbonyl (C=O) groups is 1. The lowest BCUT2D eigenvalue weighted by Gasteiger charge is -2.10. The van der Waals surface area contributed by atoms with E-state index < -0.39 is 0 Å². The molecule has 1 amide bonds. The number of amides is 1. The van der Waals surface area contributed by atoms with Crippen LogP contribution in [-0.2, 0) is 6.54 Å². The number of aromatic nitrogens is 2. The summed E-state index contributed by atoms with van der Waals surface area (Å²) in [5.74, 6) is 0.416. The van der Waals surface area contributed by atoms with E-state index in [1.54, 1.807) is 41.2 Å². The lowest BCUT2D eigenvalue weighted by atomic mass is 10.2. The monoisotopic (exact) mass is 345 g/mol. The molecule has 4 nitrogen and oxygen atoms in total. The van der Waals surface area contributed by atoms with E-state index in [9.17, 15) is 4.79 Å². The first-order valence-corrected chi connectivity index (χ1v) is 7.71. The van der Waals surface area contributed by atoms with E-state index in [-0.39, 0.29) is 5.91 Å². The first-order chi connectivity index (χ1) is 11.1. The lowest BCUT2D eigenvalue weighted by molar-refractivity contribution is 0.102. The number of rotatable bonds is 4. The van der Waals surface area contributed by atoms with Crippen molar-refractivity contribution in [3.63, 3.8) is 0 Å². The fraction of sp³-hybridized carbons (Fsp3) is 0.0588. The van der Waals surface area contributed by atoms with Crippen LogP contribution in [-0.4, -0.2) is 15.7 Å². The molecule has 0 spiro atoms. The molecular formula is C17H13Cl2N3O. The van der Waals surface area contributed by atoms with Crippen LogP contribution in [0.4, 0.5) is 5.82 Å². The largest absolute Gasteiger partial charge is 0.307 e. The molecule has 0 aliphatic carbocycles. The molecule has 0 atom stereocenters. The average molecular weight is 346 g/mol. The summed E-state index contributed by atoms with van der Waals surface area (Å²) in [6.07, 6.45) is 1.63. The molecule has 6 heteroatoms. The molecule has 1 N–H and O–H groups in total. The highest BCUT2D eigenvalue weighted by atomic mass is 35.5. The highest BCUT2D eigenvalue weighted by Gasteiger charge is 2.10. The second kappa shape index (κ2) is 6.86. The number of carbonyl (C=O) groups excluding carboxylic acids is 1. The Morgan fingerprint density at radius 2 is 1.87 bits per heavy atom. The molecule has 0 fully saturated rings. The Kier molecular flexibility index (Phi) is 4.65. The molecule has 0 radical (unpaired) electrons. The fourth-order valence-corrected chi connectivity index (χ4v) is 2.62. The van der Waals surface area contributed by atoms with E-state index in [0.29, 0.717) is 28.0 Å². The zero-order valence-electron chi connectivity index (χ0n) is 12.0. The third-order valence-electron chi connectivity index (χ3n) is 3.33.